The fourth-order valence-corrected chi connectivity index (χ4v) is 1.88. The third-order valence-corrected chi connectivity index (χ3v) is 2.92. The molecular formula is C11H21N3O2. The van der Waals surface area contributed by atoms with Crippen LogP contribution in [0.5, 0.6) is 0 Å². The Morgan fingerprint density at radius 1 is 1.50 bits per heavy atom. The lowest BCUT2D eigenvalue weighted by molar-refractivity contribution is -0.123. The van der Waals surface area contributed by atoms with E-state index in [0.717, 1.165) is 32.2 Å². The number of hydrogen-bond acceptors (Lipinski definition) is 2. The van der Waals surface area contributed by atoms with E-state index in [1.807, 2.05) is 0 Å². The summed E-state index contributed by atoms with van der Waals surface area (Å²) in [6, 6.07) is -0.0700. The van der Waals surface area contributed by atoms with E-state index in [2.05, 4.69) is 12.2 Å². The first-order valence-corrected chi connectivity index (χ1v) is 5.97. The number of rotatable bonds is 4. The zero-order chi connectivity index (χ0) is 12.0. The van der Waals surface area contributed by atoms with Crippen molar-refractivity contribution >= 4 is 11.9 Å². The molecule has 1 aliphatic rings. The maximum atomic E-state index is 11.7. The normalized spacial score (nSPS) is 20.6. The number of carbonyl (C=O) groups is 2. The zero-order valence-corrected chi connectivity index (χ0v) is 9.87. The highest BCUT2D eigenvalue weighted by molar-refractivity contribution is 5.79. The third kappa shape index (κ3) is 3.72. The van der Waals surface area contributed by atoms with Gasteiger partial charge in [0.2, 0.25) is 5.91 Å². The van der Waals surface area contributed by atoms with Gasteiger partial charge in [0.05, 0.1) is 5.92 Å². The average Bonchev–Trinajstić information content (AvgIpc) is 2.29. The number of primary amides is 1. The van der Waals surface area contributed by atoms with Crippen LogP contribution in [0.3, 0.4) is 0 Å². The smallest absolute Gasteiger partial charge is 0.317 e. The van der Waals surface area contributed by atoms with E-state index in [-0.39, 0.29) is 17.9 Å². The minimum Gasteiger partial charge on any atom is -0.369 e. The quantitative estimate of drug-likeness (QED) is 0.693. The Hall–Kier alpha value is -1.26. The third-order valence-electron chi connectivity index (χ3n) is 2.92. The molecule has 5 heteroatoms. The minimum absolute atomic E-state index is 0.0700. The molecule has 0 saturated carbocycles. The van der Waals surface area contributed by atoms with Crippen molar-refractivity contribution in [3.05, 3.63) is 0 Å². The van der Waals surface area contributed by atoms with Crippen molar-refractivity contribution in [2.24, 2.45) is 11.7 Å². The lowest BCUT2D eigenvalue weighted by Crippen LogP contribution is -2.48. The maximum absolute atomic E-state index is 11.7. The van der Waals surface area contributed by atoms with Gasteiger partial charge in [-0.15, -0.1) is 0 Å². The standard InChI is InChI=1S/C11H21N3O2/c1-2-3-6-13-11(16)14-7-4-5-9(8-14)10(12)15/h9H,2-8H2,1H3,(H2,12,15)(H,13,16). The summed E-state index contributed by atoms with van der Waals surface area (Å²) in [5, 5.41) is 2.85. The van der Waals surface area contributed by atoms with Crippen LogP contribution in [-0.4, -0.2) is 36.5 Å². The van der Waals surface area contributed by atoms with E-state index in [1.54, 1.807) is 4.90 Å². The van der Waals surface area contributed by atoms with Crippen LogP contribution in [0.1, 0.15) is 32.6 Å². The van der Waals surface area contributed by atoms with Crippen molar-refractivity contribution in [2.75, 3.05) is 19.6 Å². The van der Waals surface area contributed by atoms with Gasteiger partial charge in [-0.2, -0.15) is 0 Å². The number of amides is 3. The van der Waals surface area contributed by atoms with Crippen LogP contribution >= 0.6 is 0 Å². The zero-order valence-electron chi connectivity index (χ0n) is 9.87. The summed E-state index contributed by atoms with van der Waals surface area (Å²) >= 11 is 0. The van der Waals surface area contributed by atoms with Crippen molar-refractivity contribution in [1.29, 1.82) is 0 Å². The molecule has 1 aliphatic heterocycles. The topological polar surface area (TPSA) is 75.4 Å². The molecule has 0 aliphatic carbocycles. The molecule has 0 spiro atoms. The molecule has 0 aromatic rings. The van der Waals surface area contributed by atoms with Gasteiger partial charge in [0.1, 0.15) is 0 Å². The molecule has 1 unspecified atom stereocenters. The van der Waals surface area contributed by atoms with E-state index in [0.29, 0.717) is 13.1 Å². The second kappa shape index (κ2) is 6.35. The van der Waals surface area contributed by atoms with Crippen LogP contribution in [0.4, 0.5) is 4.79 Å². The molecule has 0 aromatic heterocycles. The highest BCUT2D eigenvalue weighted by Crippen LogP contribution is 2.15. The number of piperidine rings is 1. The summed E-state index contributed by atoms with van der Waals surface area (Å²) in [5.74, 6) is -0.475. The lowest BCUT2D eigenvalue weighted by Gasteiger charge is -2.31. The van der Waals surface area contributed by atoms with Gasteiger partial charge in [0.15, 0.2) is 0 Å². The minimum atomic E-state index is -0.300. The van der Waals surface area contributed by atoms with Crippen LogP contribution in [0.25, 0.3) is 0 Å². The number of urea groups is 1. The fraction of sp³-hybridized carbons (Fsp3) is 0.818. The van der Waals surface area contributed by atoms with Gasteiger partial charge < -0.3 is 16.0 Å². The number of likely N-dealkylation sites (tertiary alicyclic amines) is 1. The first-order chi connectivity index (χ1) is 7.65. The predicted molar refractivity (Wildman–Crippen MR) is 61.8 cm³/mol. The number of unbranched alkanes of at least 4 members (excludes halogenated alkanes) is 1. The van der Waals surface area contributed by atoms with Crippen LogP contribution in [0.15, 0.2) is 0 Å². The van der Waals surface area contributed by atoms with Crippen LogP contribution < -0.4 is 11.1 Å². The molecule has 1 heterocycles. The van der Waals surface area contributed by atoms with Crippen LogP contribution in [-0.2, 0) is 4.79 Å². The van der Waals surface area contributed by atoms with Gasteiger partial charge in [-0.1, -0.05) is 13.3 Å². The average molecular weight is 227 g/mol. The number of nitrogens with two attached hydrogens (primary N) is 1. The maximum Gasteiger partial charge on any atom is 0.317 e. The van der Waals surface area contributed by atoms with Gasteiger partial charge >= 0.3 is 6.03 Å². The SMILES string of the molecule is CCCCNC(=O)N1CCCC(C(N)=O)C1. The van der Waals surface area contributed by atoms with Crippen LogP contribution in [0.2, 0.25) is 0 Å². The Bertz CT molecular complexity index is 256. The van der Waals surface area contributed by atoms with E-state index >= 15 is 0 Å². The van der Waals surface area contributed by atoms with E-state index in [1.165, 1.54) is 0 Å². The molecule has 1 fully saturated rings. The Balaban J connectivity index is 2.35. The number of hydrogen-bond donors (Lipinski definition) is 2. The van der Waals surface area contributed by atoms with Crippen molar-refractivity contribution in [2.45, 2.75) is 32.6 Å². The Morgan fingerprint density at radius 2 is 2.25 bits per heavy atom. The highest BCUT2D eigenvalue weighted by atomic mass is 16.2. The predicted octanol–water partition coefficient (Wildman–Crippen LogP) is 0.693. The highest BCUT2D eigenvalue weighted by Gasteiger charge is 2.26. The van der Waals surface area contributed by atoms with Crippen molar-refractivity contribution in [3.8, 4) is 0 Å². The van der Waals surface area contributed by atoms with E-state index < -0.39 is 0 Å². The largest absolute Gasteiger partial charge is 0.369 e. The molecule has 1 atom stereocenters. The van der Waals surface area contributed by atoms with E-state index in [4.69, 9.17) is 5.73 Å². The number of carbonyl (C=O) groups excluding carboxylic acids is 2. The van der Waals surface area contributed by atoms with Gasteiger partial charge in [0, 0.05) is 19.6 Å². The van der Waals surface area contributed by atoms with Crippen molar-refractivity contribution in [3.63, 3.8) is 0 Å². The molecular weight excluding hydrogens is 206 g/mol. The van der Waals surface area contributed by atoms with Crippen molar-refractivity contribution < 1.29 is 9.59 Å². The molecule has 5 nitrogen and oxygen atoms in total. The van der Waals surface area contributed by atoms with Gasteiger partial charge in [-0.05, 0) is 19.3 Å². The van der Waals surface area contributed by atoms with E-state index in [9.17, 15) is 9.59 Å². The molecule has 1 saturated heterocycles. The summed E-state index contributed by atoms with van der Waals surface area (Å²) in [6.07, 6.45) is 3.70. The first kappa shape index (κ1) is 12.8. The fourth-order valence-electron chi connectivity index (χ4n) is 1.88. The lowest BCUT2D eigenvalue weighted by atomic mass is 9.98. The number of nitrogens with one attached hydrogen (secondary N) is 1. The summed E-state index contributed by atoms with van der Waals surface area (Å²) in [4.78, 5) is 24.4. The molecule has 1 rings (SSSR count). The molecule has 16 heavy (non-hydrogen) atoms. The molecule has 3 amide bonds. The molecule has 3 N–H and O–H groups in total. The summed E-state index contributed by atoms with van der Waals surface area (Å²) in [5.41, 5.74) is 5.25. The number of nitrogens with zero attached hydrogens (tertiary/aromatic N) is 1. The molecule has 0 bridgehead atoms. The summed E-state index contributed by atoms with van der Waals surface area (Å²) in [6.45, 7) is 3.97. The molecule has 0 radical (unpaired) electrons. The second-order valence-corrected chi connectivity index (χ2v) is 4.27. The van der Waals surface area contributed by atoms with Gasteiger partial charge in [-0.3, -0.25) is 4.79 Å². The van der Waals surface area contributed by atoms with Gasteiger partial charge in [-0.25, -0.2) is 4.79 Å². The summed E-state index contributed by atoms with van der Waals surface area (Å²) < 4.78 is 0. The summed E-state index contributed by atoms with van der Waals surface area (Å²) in [7, 11) is 0. The molecule has 92 valence electrons. The monoisotopic (exact) mass is 227 g/mol. The van der Waals surface area contributed by atoms with Crippen molar-refractivity contribution in [1.82, 2.24) is 10.2 Å². The first-order valence-electron chi connectivity index (χ1n) is 5.97. The molecule has 0 aromatic carbocycles. The Morgan fingerprint density at radius 3 is 2.88 bits per heavy atom. The van der Waals surface area contributed by atoms with Crippen LogP contribution in [0, 0.1) is 5.92 Å². The Labute approximate surface area is 96.4 Å². The van der Waals surface area contributed by atoms with Gasteiger partial charge in [0.25, 0.3) is 0 Å². The Kier molecular flexibility index (Phi) is 5.08. The second-order valence-electron chi connectivity index (χ2n) is 4.27.